The van der Waals surface area contributed by atoms with Crippen LogP contribution in [0, 0.1) is 0 Å². The maximum absolute atomic E-state index is 8.98. The fourth-order valence-corrected chi connectivity index (χ4v) is 2.08. The number of hydrogen-bond acceptors (Lipinski definition) is 2. The van der Waals surface area contributed by atoms with E-state index in [2.05, 4.69) is 17.0 Å². The Morgan fingerprint density at radius 1 is 0.889 bits per heavy atom. The molecule has 0 spiro atoms. The summed E-state index contributed by atoms with van der Waals surface area (Å²) in [6.07, 6.45) is 2.59. The predicted octanol–water partition coefficient (Wildman–Crippen LogP) is 4.24. The topological polar surface area (TPSA) is 29.5 Å². The summed E-state index contributed by atoms with van der Waals surface area (Å²) in [7, 11) is 0. The normalized spacial score (nSPS) is 12.3. The molecule has 94 valence electrons. The van der Waals surface area contributed by atoms with Crippen LogP contribution in [0.4, 0.5) is 0 Å². The Bertz CT molecular complexity index is 439. The molecule has 0 saturated heterocycles. The lowest BCUT2D eigenvalue weighted by Crippen LogP contribution is -2.02. The summed E-state index contributed by atoms with van der Waals surface area (Å²) in [6, 6.07) is 20.2. The molecule has 18 heavy (non-hydrogen) atoms. The molecule has 1 atom stereocenters. The first kappa shape index (κ1) is 12.8. The molecule has 0 heterocycles. The molecule has 2 nitrogen and oxygen atoms in total. The van der Waals surface area contributed by atoms with Gasteiger partial charge in [0.25, 0.3) is 0 Å². The fraction of sp³-hybridized carbons (Fsp3) is 0.250. The molecule has 2 heteroatoms. The third-order valence-corrected chi connectivity index (χ3v) is 3.07. The second-order valence-electron chi connectivity index (χ2n) is 4.38. The van der Waals surface area contributed by atoms with Crippen LogP contribution in [0.25, 0.3) is 0 Å². The van der Waals surface area contributed by atoms with Gasteiger partial charge in [0.2, 0.25) is 0 Å². The molecule has 2 rings (SSSR count). The van der Waals surface area contributed by atoms with Crippen molar-refractivity contribution in [1.82, 2.24) is 0 Å². The van der Waals surface area contributed by atoms with Crippen molar-refractivity contribution in [2.24, 2.45) is 0 Å². The van der Waals surface area contributed by atoms with E-state index in [4.69, 9.17) is 5.26 Å². The van der Waals surface area contributed by atoms with Gasteiger partial charge in [0.05, 0.1) is 0 Å². The lowest BCUT2D eigenvalue weighted by atomic mass is 10.0. The highest BCUT2D eigenvalue weighted by Gasteiger charge is 2.11. The SMILES string of the molecule is OOC(CCCc1ccccc1)c1ccccc1. The molecule has 0 saturated carbocycles. The molecule has 2 aromatic rings. The van der Waals surface area contributed by atoms with E-state index in [0.717, 1.165) is 24.8 Å². The van der Waals surface area contributed by atoms with E-state index in [0.29, 0.717) is 0 Å². The summed E-state index contributed by atoms with van der Waals surface area (Å²) < 4.78 is 0. The first-order valence-corrected chi connectivity index (χ1v) is 6.29. The largest absolute Gasteiger partial charge is 0.251 e. The van der Waals surface area contributed by atoms with Gasteiger partial charge < -0.3 is 0 Å². The first-order valence-electron chi connectivity index (χ1n) is 6.29. The van der Waals surface area contributed by atoms with Gasteiger partial charge in [-0.3, -0.25) is 5.26 Å². The van der Waals surface area contributed by atoms with Crippen molar-refractivity contribution in [2.45, 2.75) is 25.4 Å². The quantitative estimate of drug-likeness (QED) is 0.606. The van der Waals surface area contributed by atoms with E-state index >= 15 is 0 Å². The van der Waals surface area contributed by atoms with Crippen LogP contribution in [-0.2, 0) is 11.3 Å². The number of aryl methyl sites for hydroxylation is 1. The molecule has 2 aromatic carbocycles. The van der Waals surface area contributed by atoms with Gasteiger partial charge in [0.1, 0.15) is 6.10 Å². The van der Waals surface area contributed by atoms with Crippen molar-refractivity contribution >= 4 is 0 Å². The number of rotatable bonds is 6. The fourth-order valence-electron chi connectivity index (χ4n) is 2.08. The monoisotopic (exact) mass is 242 g/mol. The second-order valence-corrected chi connectivity index (χ2v) is 4.38. The summed E-state index contributed by atoms with van der Waals surface area (Å²) in [4.78, 5) is 4.57. The highest BCUT2D eigenvalue weighted by atomic mass is 17.1. The Labute approximate surface area is 108 Å². The second kappa shape index (κ2) is 6.94. The van der Waals surface area contributed by atoms with Crippen LogP contribution in [0.1, 0.15) is 30.1 Å². The maximum atomic E-state index is 8.98. The van der Waals surface area contributed by atoms with Gasteiger partial charge in [-0.05, 0) is 30.4 Å². The van der Waals surface area contributed by atoms with Gasteiger partial charge >= 0.3 is 0 Å². The van der Waals surface area contributed by atoms with E-state index in [1.807, 2.05) is 48.5 Å². The molecular formula is C16H18O2. The van der Waals surface area contributed by atoms with Gasteiger partial charge in [-0.25, -0.2) is 4.89 Å². The van der Waals surface area contributed by atoms with Gasteiger partial charge in [-0.2, -0.15) is 0 Å². The van der Waals surface area contributed by atoms with E-state index in [1.165, 1.54) is 5.56 Å². The zero-order valence-corrected chi connectivity index (χ0v) is 10.3. The van der Waals surface area contributed by atoms with Crippen molar-refractivity contribution in [1.29, 1.82) is 0 Å². The van der Waals surface area contributed by atoms with E-state index in [9.17, 15) is 0 Å². The molecule has 1 N–H and O–H groups in total. The van der Waals surface area contributed by atoms with E-state index < -0.39 is 0 Å². The van der Waals surface area contributed by atoms with Gasteiger partial charge in [-0.1, -0.05) is 60.7 Å². The highest BCUT2D eigenvalue weighted by Crippen LogP contribution is 2.22. The van der Waals surface area contributed by atoms with Crippen LogP contribution in [0.3, 0.4) is 0 Å². The molecule has 0 aliphatic carbocycles. The van der Waals surface area contributed by atoms with Crippen LogP contribution in [0.2, 0.25) is 0 Å². The summed E-state index contributed by atoms with van der Waals surface area (Å²) in [5.74, 6) is 0. The number of hydrogen-bond donors (Lipinski definition) is 1. The molecule has 0 aliphatic rings. The third kappa shape index (κ3) is 3.69. The van der Waals surface area contributed by atoms with Crippen molar-refractivity contribution in [3.63, 3.8) is 0 Å². The molecule has 0 aliphatic heterocycles. The Kier molecular flexibility index (Phi) is 4.94. The molecule has 0 aromatic heterocycles. The minimum atomic E-state index is -0.227. The maximum Gasteiger partial charge on any atom is 0.118 e. The van der Waals surface area contributed by atoms with Crippen LogP contribution in [0.5, 0.6) is 0 Å². The minimum Gasteiger partial charge on any atom is -0.251 e. The average Bonchev–Trinajstić information content (AvgIpc) is 2.46. The van der Waals surface area contributed by atoms with Crippen molar-refractivity contribution in [2.75, 3.05) is 0 Å². The average molecular weight is 242 g/mol. The van der Waals surface area contributed by atoms with Gasteiger partial charge in [0, 0.05) is 0 Å². The van der Waals surface area contributed by atoms with Crippen LogP contribution in [-0.4, -0.2) is 5.26 Å². The van der Waals surface area contributed by atoms with E-state index in [-0.39, 0.29) is 6.10 Å². The lowest BCUT2D eigenvalue weighted by molar-refractivity contribution is -0.283. The highest BCUT2D eigenvalue weighted by molar-refractivity contribution is 5.18. The van der Waals surface area contributed by atoms with Crippen molar-refractivity contribution in [3.05, 3.63) is 71.8 Å². The molecule has 1 unspecified atom stereocenters. The van der Waals surface area contributed by atoms with Gasteiger partial charge in [-0.15, -0.1) is 0 Å². The summed E-state index contributed by atoms with van der Waals surface area (Å²) >= 11 is 0. The molecule has 0 amide bonds. The van der Waals surface area contributed by atoms with Crippen molar-refractivity contribution < 1.29 is 10.1 Å². The van der Waals surface area contributed by atoms with Crippen LogP contribution < -0.4 is 0 Å². The zero-order chi connectivity index (χ0) is 12.6. The van der Waals surface area contributed by atoms with Crippen LogP contribution >= 0.6 is 0 Å². The summed E-state index contributed by atoms with van der Waals surface area (Å²) in [5.41, 5.74) is 2.34. The Morgan fingerprint density at radius 2 is 1.50 bits per heavy atom. The zero-order valence-electron chi connectivity index (χ0n) is 10.3. The van der Waals surface area contributed by atoms with Crippen LogP contribution in [0.15, 0.2) is 60.7 Å². The van der Waals surface area contributed by atoms with Gasteiger partial charge in [0.15, 0.2) is 0 Å². The Morgan fingerprint density at radius 3 is 2.11 bits per heavy atom. The van der Waals surface area contributed by atoms with Crippen molar-refractivity contribution in [3.8, 4) is 0 Å². The number of benzene rings is 2. The summed E-state index contributed by atoms with van der Waals surface area (Å²) in [6.45, 7) is 0. The molecule has 0 bridgehead atoms. The Balaban J connectivity index is 1.85. The predicted molar refractivity (Wildman–Crippen MR) is 72.3 cm³/mol. The Hall–Kier alpha value is -1.64. The minimum absolute atomic E-state index is 0.227. The first-order chi connectivity index (χ1) is 8.90. The third-order valence-electron chi connectivity index (χ3n) is 3.07. The lowest BCUT2D eigenvalue weighted by Gasteiger charge is -2.13. The standard InChI is InChI=1S/C16H18O2/c17-18-16(15-11-5-2-6-12-15)13-7-10-14-8-3-1-4-9-14/h1-6,8-9,11-12,16-17H,7,10,13H2. The smallest absolute Gasteiger partial charge is 0.118 e. The molecular weight excluding hydrogens is 224 g/mol. The van der Waals surface area contributed by atoms with E-state index in [1.54, 1.807) is 0 Å². The molecule has 0 radical (unpaired) electrons. The summed E-state index contributed by atoms with van der Waals surface area (Å²) in [5, 5.41) is 8.98. The molecule has 0 fully saturated rings.